The number of fused-ring (bicyclic) bond motifs is 1. The van der Waals surface area contributed by atoms with Gasteiger partial charge >= 0.3 is 5.69 Å². The highest BCUT2D eigenvalue weighted by Gasteiger charge is 2.19. The lowest BCUT2D eigenvalue weighted by Crippen LogP contribution is -2.37. The fourth-order valence-corrected chi connectivity index (χ4v) is 2.68. The molecule has 0 aromatic carbocycles. The summed E-state index contributed by atoms with van der Waals surface area (Å²) in [5, 5.41) is 2.93. The quantitative estimate of drug-likeness (QED) is 0.673. The average Bonchev–Trinajstić information content (AvgIpc) is 2.90. The van der Waals surface area contributed by atoms with Gasteiger partial charge in [0.25, 0.3) is 5.56 Å². The molecule has 0 fully saturated rings. The largest absolute Gasteiger partial charge is 0.332 e. The van der Waals surface area contributed by atoms with Gasteiger partial charge in [0.05, 0.1) is 5.02 Å². The van der Waals surface area contributed by atoms with Crippen molar-refractivity contribution in [3.05, 3.63) is 49.5 Å². The first-order valence-electron chi connectivity index (χ1n) is 7.02. The second-order valence-electron chi connectivity index (χ2n) is 5.25. The van der Waals surface area contributed by atoms with Crippen molar-refractivity contribution in [2.24, 2.45) is 14.1 Å². The number of carbonyl (C=O) groups is 1. The molecular weight excluding hydrogens is 371 g/mol. The Morgan fingerprint density at radius 1 is 1.20 bits per heavy atom. The minimum Gasteiger partial charge on any atom is -0.309 e. The van der Waals surface area contributed by atoms with Crippen molar-refractivity contribution in [1.82, 2.24) is 23.7 Å². The number of rotatable bonds is 3. The number of nitrogens with one attached hydrogen (secondary N) is 1. The molecule has 0 spiro atoms. The maximum absolute atomic E-state index is 12.4. The highest BCUT2D eigenvalue weighted by atomic mass is 35.5. The topological polar surface area (TPSA) is 104 Å². The molecule has 3 heterocycles. The van der Waals surface area contributed by atoms with Crippen LogP contribution in [0.2, 0.25) is 10.3 Å². The van der Waals surface area contributed by atoms with E-state index in [9.17, 15) is 14.4 Å². The summed E-state index contributed by atoms with van der Waals surface area (Å²) in [6.07, 6.45) is 1.39. The van der Waals surface area contributed by atoms with E-state index in [0.717, 1.165) is 4.57 Å². The average molecular weight is 383 g/mol. The first-order valence-corrected chi connectivity index (χ1v) is 7.78. The van der Waals surface area contributed by atoms with Gasteiger partial charge < -0.3 is 5.32 Å². The van der Waals surface area contributed by atoms with Crippen LogP contribution >= 0.6 is 23.2 Å². The Kier molecular flexibility index (Phi) is 4.36. The molecule has 11 heteroatoms. The van der Waals surface area contributed by atoms with Gasteiger partial charge in [-0.05, 0) is 23.7 Å². The number of pyridine rings is 1. The zero-order chi connectivity index (χ0) is 18.3. The van der Waals surface area contributed by atoms with Crippen LogP contribution in [-0.2, 0) is 25.4 Å². The number of nitrogens with zero attached hydrogens (tertiary/aromatic N) is 5. The predicted molar refractivity (Wildman–Crippen MR) is 93.1 cm³/mol. The molecule has 3 aromatic heterocycles. The molecule has 3 rings (SSSR count). The SMILES string of the molecule is Cn1c(=O)c2c(nc(Cl)n2CC(=O)Nc2ccc(Cl)cn2)n(C)c1=O. The molecule has 3 aromatic rings. The van der Waals surface area contributed by atoms with Crippen molar-refractivity contribution < 1.29 is 4.79 Å². The number of halogens is 2. The summed E-state index contributed by atoms with van der Waals surface area (Å²) in [7, 11) is 2.81. The number of hydrogen-bond donors (Lipinski definition) is 1. The first-order chi connectivity index (χ1) is 11.8. The number of aryl methyl sites for hydroxylation is 1. The summed E-state index contributed by atoms with van der Waals surface area (Å²) in [5.74, 6) is -0.165. The van der Waals surface area contributed by atoms with Crippen LogP contribution in [0.15, 0.2) is 27.9 Å². The predicted octanol–water partition coefficient (Wildman–Crippen LogP) is 0.774. The van der Waals surface area contributed by atoms with Crippen LogP contribution in [0.1, 0.15) is 0 Å². The van der Waals surface area contributed by atoms with Gasteiger partial charge in [0, 0.05) is 20.3 Å². The Balaban J connectivity index is 2.00. The Bertz CT molecular complexity index is 1100. The van der Waals surface area contributed by atoms with Crippen molar-refractivity contribution in [2.75, 3.05) is 5.32 Å². The molecule has 1 amide bonds. The molecule has 0 atom stereocenters. The third kappa shape index (κ3) is 3.03. The zero-order valence-corrected chi connectivity index (χ0v) is 14.7. The summed E-state index contributed by atoms with van der Waals surface area (Å²) in [4.78, 5) is 44.5. The van der Waals surface area contributed by atoms with Crippen molar-refractivity contribution in [2.45, 2.75) is 6.54 Å². The Hall–Kier alpha value is -2.65. The van der Waals surface area contributed by atoms with Gasteiger partial charge in [-0.25, -0.2) is 9.78 Å². The summed E-state index contributed by atoms with van der Waals surface area (Å²) < 4.78 is 3.36. The molecule has 0 unspecified atom stereocenters. The van der Waals surface area contributed by atoms with Gasteiger partial charge in [0.1, 0.15) is 12.4 Å². The number of amides is 1. The van der Waals surface area contributed by atoms with E-state index in [1.165, 1.54) is 35.5 Å². The third-order valence-electron chi connectivity index (χ3n) is 3.60. The monoisotopic (exact) mass is 382 g/mol. The Morgan fingerprint density at radius 3 is 2.56 bits per heavy atom. The molecule has 0 aliphatic rings. The molecule has 0 bridgehead atoms. The molecule has 1 N–H and O–H groups in total. The molecule has 130 valence electrons. The van der Waals surface area contributed by atoms with Crippen LogP contribution in [0, 0.1) is 0 Å². The van der Waals surface area contributed by atoms with E-state index in [-0.39, 0.29) is 23.0 Å². The van der Waals surface area contributed by atoms with Crippen LogP contribution in [0.25, 0.3) is 11.2 Å². The number of aromatic nitrogens is 5. The summed E-state index contributed by atoms with van der Waals surface area (Å²) in [5.41, 5.74) is -0.951. The van der Waals surface area contributed by atoms with E-state index in [0.29, 0.717) is 10.8 Å². The number of carbonyl (C=O) groups excluding carboxylic acids is 1. The van der Waals surface area contributed by atoms with E-state index in [4.69, 9.17) is 23.2 Å². The first kappa shape index (κ1) is 17.2. The van der Waals surface area contributed by atoms with E-state index >= 15 is 0 Å². The molecule has 0 saturated carbocycles. The molecule has 25 heavy (non-hydrogen) atoms. The Morgan fingerprint density at radius 2 is 1.92 bits per heavy atom. The van der Waals surface area contributed by atoms with E-state index in [1.807, 2.05) is 0 Å². The van der Waals surface area contributed by atoms with E-state index in [2.05, 4.69) is 15.3 Å². The molecular formula is C14H12Cl2N6O3. The van der Waals surface area contributed by atoms with Gasteiger partial charge in [-0.3, -0.25) is 23.3 Å². The number of hydrogen-bond acceptors (Lipinski definition) is 5. The van der Waals surface area contributed by atoms with E-state index in [1.54, 1.807) is 6.07 Å². The Labute approximate surface area is 150 Å². The number of anilines is 1. The highest BCUT2D eigenvalue weighted by Crippen LogP contribution is 2.16. The van der Waals surface area contributed by atoms with E-state index < -0.39 is 17.2 Å². The van der Waals surface area contributed by atoms with Crippen molar-refractivity contribution in [1.29, 1.82) is 0 Å². The highest BCUT2D eigenvalue weighted by molar-refractivity contribution is 6.30. The normalized spacial score (nSPS) is 11.0. The fourth-order valence-electron chi connectivity index (χ4n) is 2.34. The van der Waals surface area contributed by atoms with Crippen LogP contribution in [0.3, 0.4) is 0 Å². The van der Waals surface area contributed by atoms with Crippen molar-refractivity contribution in [3.8, 4) is 0 Å². The number of imidazole rings is 1. The van der Waals surface area contributed by atoms with Gasteiger partial charge in [-0.2, -0.15) is 4.98 Å². The molecule has 0 radical (unpaired) electrons. The standard InChI is InChI=1S/C14H12Cl2N6O3/c1-20-11-10(12(24)21(2)14(20)25)22(13(16)19-11)6-9(23)18-8-4-3-7(15)5-17-8/h3-5H,6H2,1-2H3,(H,17,18,23). The van der Waals surface area contributed by atoms with Crippen LogP contribution in [-0.4, -0.2) is 29.6 Å². The maximum atomic E-state index is 12.4. The molecule has 9 nitrogen and oxygen atoms in total. The van der Waals surface area contributed by atoms with Crippen molar-refractivity contribution in [3.63, 3.8) is 0 Å². The van der Waals surface area contributed by atoms with Crippen LogP contribution in [0.4, 0.5) is 5.82 Å². The zero-order valence-electron chi connectivity index (χ0n) is 13.2. The van der Waals surface area contributed by atoms with Crippen LogP contribution < -0.4 is 16.6 Å². The second-order valence-corrected chi connectivity index (χ2v) is 6.03. The lowest BCUT2D eigenvalue weighted by molar-refractivity contribution is -0.116. The minimum absolute atomic E-state index is 0.0637. The molecule has 0 aliphatic carbocycles. The smallest absolute Gasteiger partial charge is 0.309 e. The summed E-state index contributed by atoms with van der Waals surface area (Å²) in [6.45, 7) is -0.271. The molecule has 0 aliphatic heterocycles. The lowest BCUT2D eigenvalue weighted by Gasteiger charge is -2.08. The van der Waals surface area contributed by atoms with Gasteiger partial charge in [0.2, 0.25) is 11.2 Å². The van der Waals surface area contributed by atoms with Gasteiger partial charge in [0.15, 0.2) is 11.2 Å². The molecule has 0 saturated heterocycles. The van der Waals surface area contributed by atoms with Crippen molar-refractivity contribution >= 4 is 46.1 Å². The van der Waals surface area contributed by atoms with Gasteiger partial charge in [-0.1, -0.05) is 11.6 Å². The van der Waals surface area contributed by atoms with Gasteiger partial charge in [-0.15, -0.1) is 0 Å². The minimum atomic E-state index is -0.588. The second kappa shape index (κ2) is 6.34. The van der Waals surface area contributed by atoms with Crippen LogP contribution in [0.5, 0.6) is 0 Å². The maximum Gasteiger partial charge on any atom is 0.332 e. The fraction of sp³-hybridized carbons (Fsp3) is 0.214. The summed E-state index contributed by atoms with van der Waals surface area (Å²) in [6, 6.07) is 3.12. The lowest BCUT2D eigenvalue weighted by atomic mass is 10.4. The third-order valence-corrected chi connectivity index (χ3v) is 4.11. The summed E-state index contributed by atoms with van der Waals surface area (Å²) >= 11 is 11.8.